The van der Waals surface area contributed by atoms with Crippen molar-refractivity contribution in [3.8, 4) is 0 Å². The van der Waals surface area contributed by atoms with Gasteiger partial charge in [-0.3, -0.25) is 0 Å². The second-order valence-corrected chi connectivity index (χ2v) is 8.44. The first-order chi connectivity index (χ1) is 11.3. The fraction of sp³-hybridized carbons (Fsp3) is 0.500. The molecule has 1 N–H and O–H groups in total. The number of hydrogen-bond donors (Lipinski definition) is 1. The normalized spacial score (nSPS) is 22.3. The number of aromatic nitrogens is 2. The van der Waals surface area contributed by atoms with Gasteiger partial charge in [0.15, 0.2) is 11.4 Å². The molecule has 0 radical (unpaired) electrons. The molecule has 0 saturated carbocycles. The van der Waals surface area contributed by atoms with Gasteiger partial charge in [0.2, 0.25) is 10.0 Å². The van der Waals surface area contributed by atoms with Crippen molar-refractivity contribution >= 4 is 10.0 Å². The maximum absolute atomic E-state index is 12.6. The summed E-state index contributed by atoms with van der Waals surface area (Å²) in [5, 5.41) is 14.6. The molecule has 2 heterocycles. The van der Waals surface area contributed by atoms with Crippen LogP contribution in [0, 0.1) is 0 Å². The maximum atomic E-state index is 12.6. The minimum absolute atomic E-state index is 0.0676. The van der Waals surface area contributed by atoms with Crippen molar-refractivity contribution < 1.29 is 18.0 Å². The lowest BCUT2D eigenvalue weighted by molar-refractivity contribution is 0.0194. The highest BCUT2D eigenvalue weighted by Gasteiger charge is 2.46. The smallest absolute Gasteiger partial charge is 0.260 e. The van der Waals surface area contributed by atoms with Gasteiger partial charge in [0, 0.05) is 18.9 Å². The van der Waals surface area contributed by atoms with Gasteiger partial charge in [0.1, 0.15) is 0 Å². The lowest BCUT2D eigenvalue weighted by Crippen LogP contribution is -2.35. The Morgan fingerprint density at radius 3 is 2.67 bits per heavy atom. The van der Waals surface area contributed by atoms with Gasteiger partial charge in [0.25, 0.3) is 5.89 Å². The van der Waals surface area contributed by atoms with E-state index in [1.165, 1.54) is 4.31 Å². The van der Waals surface area contributed by atoms with Gasteiger partial charge in [-0.15, -0.1) is 0 Å². The fourth-order valence-corrected chi connectivity index (χ4v) is 4.28. The number of benzene rings is 1. The van der Waals surface area contributed by atoms with E-state index >= 15 is 0 Å². The molecular formula is C16H21N3O4S. The van der Waals surface area contributed by atoms with E-state index in [-0.39, 0.29) is 37.1 Å². The minimum Gasteiger partial charge on any atom is -0.379 e. The summed E-state index contributed by atoms with van der Waals surface area (Å²) in [6.07, 6.45) is 0.237. The first-order valence-electron chi connectivity index (χ1n) is 7.88. The average molecular weight is 351 g/mol. The maximum Gasteiger partial charge on any atom is 0.260 e. The zero-order valence-corrected chi connectivity index (χ0v) is 14.5. The van der Waals surface area contributed by atoms with Crippen molar-refractivity contribution in [3.63, 3.8) is 0 Å². The van der Waals surface area contributed by atoms with Crippen LogP contribution in [0.2, 0.25) is 0 Å². The third kappa shape index (κ3) is 3.35. The Morgan fingerprint density at radius 1 is 1.33 bits per heavy atom. The Bertz CT molecular complexity index is 804. The predicted octanol–water partition coefficient (Wildman–Crippen LogP) is 1.62. The van der Waals surface area contributed by atoms with E-state index in [2.05, 4.69) is 10.1 Å². The zero-order valence-electron chi connectivity index (χ0n) is 13.7. The first-order valence-corrected chi connectivity index (χ1v) is 9.49. The summed E-state index contributed by atoms with van der Waals surface area (Å²) in [7, 11) is -3.52. The molecule has 1 aromatic heterocycles. The predicted molar refractivity (Wildman–Crippen MR) is 87.5 cm³/mol. The Hall–Kier alpha value is -1.77. The zero-order chi connectivity index (χ0) is 17.4. The molecule has 0 bridgehead atoms. The number of hydrogen-bond acceptors (Lipinski definition) is 6. The molecule has 7 nitrogen and oxygen atoms in total. The van der Waals surface area contributed by atoms with Gasteiger partial charge in [-0.2, -0.15) is 9.29 Å². The number of aliphatic hydroxyl groups is 1. The minimum atomic E-state index is -3.52. The summed E-state index contributed by atoms with van der Waals surface area (Å²) in [6.45, 7) is 4.00. The van der Waals surface area contributed by atoms with Crippen LogP contribution in [-0.2, 0) is 21.4 Å². The molecule has 24 heavy (non-hydrogen) atoms. The van der Waals surface area contributed by atoms with Crippen molar-refractivity contribution in [2.45, 2.75) is 37.5 Å². The fourth-order valence-electron chi connectivity index (χ4n) is 2.71. The van der Waals surface area contributed by atoms with E-state index in [1.807, 2.05) is 19.9 Å². The van der Waals surface area contributed by atoms with Crippen molar-refractivity contribution in [2.24, 2.45) is 0 Å². The molecule has 3 rings (SSSR count). The van der Waals surface area contributed by atoms with Gasteiger partial charge in [-0.1, -0.05) is 49.3 Å². The van der Waals surface area contributed by atoms with Crippen LogP contribution < -0.4 is 0 Å². The molecular weight excluding hydrogens is 330 g/mol. The molecule has 0 aliphatic carbocycles. The van der Waals surface area contributed by atoms with Crippen LogP contribution in [0.4, 0.5) is 0 Å². The van der Waals surface area contributed by atoms with Gasteiger partial charge in [0.05, 0.1) is 12.3 Å². The summed E-state index contributed by atoms with van der Waals surface area (Å²) >= 11 is 0. The van der Waals surface area contributed by atoms with Crippen molar-refractivity contribution in [1.29, 1.82) is 0 Å². The molecule has 1 aliphatic rings. The highest BCUT2D eigenvalue weighted by Crippen LogP contribution is 2.33. The Morgan fingerprint density at radius 2 is 2.04 bits per heavy atom. The monoisotopic (exact) mass is 351 g/mol. The third-order valence-corrected chi connectivity index (χ3v) is 5.95. The van der Waals surface area contributed by atoms with Crippen LogP contribution in [0.1, 0.15) is 43.5 Å². The quantitative estimate of drug-likeness (QED) is 0.879. The van der Waals surface area contributed by atoms with E-state index in [0.29, 0.717) is 11.4 Å². The standard InChI is InChI=1S/C16H21N3O4S/c1-12(2)14-17-15(23-18-14)16(20)8-9-19(11-16)24(21,22)10-13-6-4-3-5-7-13/h3-7,12,20H,8-11H2,1-2H3/t16-/m1/s1. The second kappa shape index (κ2) is 6.27. The lowest BCUT2D eigenvalue weighted by Gasteiger charge is -2.19. The summed E-state index contributed by atoms with van der Waals surface area (Å²) in [4.78, 5) is 4.21. The molecule has 1 fully saturated rings. The average Bonchev–Trinajstić information content (AvgIpc) is 3.16. The van der Waals surface area contributed by atoms with Crippen molar-refractivity contribution in [1.82, 2.24) is 14.4 Å². The van der Waals surface area contributed by atoms with Crippen molar-refractivity contribution in [3.05, 3.63) is 47.6 Å². The molecule has 1 atom stereocenters. The summed E-state index contributed by atoms with van der Waals surface area (Å²) < 4.78 is 31.6. The van der Waals surface area contributed by atoms with E-state index in [4.69, 9.17) is 4.52 Å². The SMILES string of the molecule is CC(C)c1noc([C@@]2(O)CCN(S(=O)(=O)Cc3ccccc3)C2)n1. The van der Waals surface area contributed by atoms with Gasteiger partial charge in [-0.25, -0.2) is 8.42 Å². The second-order valence-electron chi connectivity index (χ2n) is 6.47. The van der Waals surface area contributed by atoms with Crippen LogP contribution in [0.5, 0.6) is 0 Å². The topological polar surface area (TPSA) is 96.5 Å². The Labute approximate surface area is 141 Å². The number of sulfonamides is 1. The summed E-state index contributed by atoms with van der Waals surface area (Å²) in [5.74, 6) is 0.573. The molecule has 8 heteroatoms. The largest absolute Gasteiger partial charge is 0.379 e. The van der Waals surface area contributed by atoms with E-state index in [1.54, 1.807) is 24.3 Å². The highest BCUT2D eigenvalue weighted by molar-refractivity contribution is 7.88. The van der Waals surface area contributed by atoms with Crippen LogP contribution in [0.3, 0.4) is 0 Å². The van der Waals surface area contributed by atoms with Crippen molar-refractivity contribution in [2.75, 3.05) is 13.1 Å². The Balaban J connectivity index is 1.76. The van der Waals surface area contributed by atoms with Gasteiger partial charge < -0.3 is 9.63 Å². The number of β-amino-alcohol motifs (C(OH)–C–C–N with tert-alkyl or cyclic N) is 1. The summed E-state index contributed by atoms with van der Waals surface area (Å²) in [5.41, 5.74) is -0.711. The first kappa shape index (κ1) is 17.1. The summed E-state index contributed by atoms with van der Waals surface area (Å²) in [6, 6.07) is 8.99. The lowest BCUT2D eigenvalue weighted by atomic mass is 10.0. The van der Waals surface area contributed by atoms with Crippen LogP contribution >= 0.6 is 0 Å². The van der Waals surface area contributed by atoms with Crippen LogP contribution in [0.25, 0.3) is 0 Å². The number of nitrogens with zero attached hydrogens (tertiary/aromatic N) is 3. The van der Waals surface area contributed by atoms with E-state index in [0.717, 1.165) is 0 Å². The third-order valence-electron chi connectivity index (χ3n) is 4.15. The molecule has 0 spiro atoms. The highest BCUT2D eigenvalue weighted by atomic mass is 32.2. The van der Waals surface area contributed by atoms with Crippen LogP contribution in [-0.4, -0.2) is 41.1 Å². The molecule has 1 aliphatic heterocycles. The molecule has 130 valence electrons. The Kier molecular flexibility index (Phi) is 4.46. The number of rotatable bonds is 5. The molecule has 1 aromatic carbocycles. The van der Waals surface area contributed by atoms with Crippen LogP contribution in [0.15, 0.2) is 34.9 Å². The van der Waals surface area contributed by atoms with Gasteiger partial charge in [-0.05, 0) is 5.56 Å². The molecule has 1 saturated heterocycles. The van der Waals surface area contributed by atoms with E-state index < -0.39 is 15.6 Å². The van der Waals surface area contributed by atoms with E-state index in [9.17, 15) is 13.5 Å². The van der Waals surface area contributed by atoms with Gasteiger partial charge >= 0.3 is 0 Å². The molecule has 0 amide bonds. The molecule has 0 unspecified atom stereocenters. The molecule has 2 aromatic rings.